The van der Waals surface area contributed by atoms with Gasteiger partial charge in [0.2, 0.25) is 0 Å². The number of benzene rings is 10. The van der Waals surface area contributed by atoms with Crippen molar-refractivity contribution in [1.82, 2.24) is 0 Å². The molecule has 0 bridgehead atoms. The van der Waals surface area contributed by atoms with Gasteiger partial charge in [0.15, 0.2) is 0 Å². The molecule has 2 aliphatic rings. The second-order valence-corrected chi connectivity index (χ2v) is 18.2. The van der Waals surface area contributed by atoms with E-state index in [0.717, 1.165) is 76.1 Å². The third-order valence-electron chi connectivity index (χ3n) is 12.4. The Hall–Kier alpha value is -8.44. The molecule has 0 aliphatic carbocycles. The summed E-state index contributed by atoms with van der Waals surface area (Å²) in [7, 11) is 0. The zero-order valence-corrected chi connectivity index (χ0v) is 40.1. The molecule has 10 aromatic rings. The number of cyclic esters (lactones) is 4. The normalized spacial score (nSPS) is 12.5. The Labute approximate surface area is 419 Å². The number of halogens is 2. The summed E-state index contributed by atoms with van der Waals surface area (Å²) in [6, 6.07) is 72.3. The fraction of sp³-hybridized carbons (Fsp3) is 0. The van der Waals surface area contributed by atoms with Crippen molar-refractivity contribution in [1.29, 1.82) is 0 Å². The van der Waals surface area contributed by atoms with E-state index in [1.165, 1.54) is 0 Å². The molecule has 0 radical (unpaired) electrons. The number of hydrogen-bond acceptors (Lipinski definition) is 8. The zero-order chi connectivity index (χ0) is 47.9. The Morgan fingerprint density at radius 3 is 0.814 bits per heavy atom. The smallest absolute Gasteiger partial charge is 0.346 e. The van der Waals surface area contributed by atoms with Crippen molar-refractivity contribution in [3.8, 4) is 22.3 Å². The topological polar surface area (TPSA) is 93.2 Å². The average Bonchev–Trinajstić information content (AvgIpc) is 3.39. The van der Waals surface area contributed by atoms with Crippen LogP contribution >= 0.6 is 31.9 Å². The number of rotatable bonds is 8. The summed E-state index contributed by atoms with van der Waals surface area (Å²) < 4.78 is 11.5. The number of nitrogens with zero attached hydrogens (tertiary/aromatic N) is 2. The van der Waals surface area contributed by atoms with Gasteiger partial charge in [-0.1, -0.05) is 141 Å². The van der Waals surface area contributed by atoms with E-state index in [1.54, 1.807) is 36.4 Å². The van der Waals surface area contributed by atoms with Crippen LogP contribution in [-0.4, -0.2) is 23.9 Å². The van der Waals surface area contributed by atoms with Crippen LogP contribution in [0.25, 0.3) is 43.8 Å². The molecule has 10 heteroatoms. The molecule has 0 saturated carbocycles. The molecule has 0 amide bonds. The number of carbonyl (C=O) groups excluding carboxylic acids is 4. The Balaban J connectivity index is 0.000000263. The van der Waals surface area contributed by atoms with Gasteiger partial charge in [0.25, 0.3) is 0 Å². The highest BCUT2D eigenvalue weighted by molar-refractivity contribution is 9.11. The van der Waals surface area contributed by atoms with Crippen molar-refractivity contribution >= 4 is 111 Å². The molecule has 0 unspecified atom stereocenters. The number of ether oxygens (including phenoxy) is 2. The number of anilines is 6. The van der Waals surface area contributed by atoms with Crippen LogP contribution in [0.15, 0.2) is 227 Å². The van der Waals surface area contributed by atoms with Crippen molar-refractivity contribution in [2.45, 2.75) is 0 Å². The maximum atomic E-state index is 13.1. The van der Waals surface area contributed by atoms with Gasteiger partial charge in [0.05, 0.1) is 22.3 Å². The fourth-order valence-electron chi connectivity index (χ4n) is 9.24. The molecule has 12 rings (SSSR count). The first-order chi connectivity index (χ1) is 34.2. The van der Waals surface area contributed by atoms with E-state index in [-0.39, 0.29) is 0 Å². The predicted octanol–water partition coefficient (Wildman–Crippen LogP) is 16.1. The Morgan fingerprint density at radius 1 is 0.257 bits per heavy atom. The molecule has 0 aromatic heterocycles. The molecule has 10 aromatic carbocycles. The van der Waals surface area contributed by atoms with Gasteiger partial charge in [-0.15, -0.1) is 0 Å². The van der Waals surface area contributed by atoms with Crippen molar-refractivity contribution in [3.05, 3.63) is 250 Å². The second-order valence-electron chi connectivity index (χ2n) is 16.5. The minimum atomic E-state index is -0.635. The van der Waals surface area contributed by atoms with Crippen LogP contribution in [-0.2, 0) is 9.47 Å². The van der Waals surface area contributed by atoms with Crippen molar-refractivity contribution in [2.75, 3.05) is 9.80 Å². The van der Waals surface area contributed by atoms with E-state index < -0.39 is 23.9 Å². The van der Waals surface area contributed by atoms with Gasteiger partial charge >= 0.3 is 23.9 Å². The molecule has 0 N–H and O–H groups in total. The first-order valence-corrected chi connectivity index (χ1v) is 23.9. The summed E-state index contributed by atoms with van der Waals surface area (Å²) in [5.41, 5.74) is 11.6. The van der Waals surface area contributed by atoms with E-state index in [2.05, 4.69) is 143 Å². The standard InChI is InChI=1S/C48H32N2O3.C12H4Br2O3/c51-47-43-31-29-41(33-21-25-39(26-22-33)49(35-13-5-1-6-14-35)36-15-7-2-8-16-36)45-42(30-32-44(46(43)45)48(52)53-47)34-23-27-40(28-24-34)50(37-17-9-3-10-18-37)38-19-11-4-12-20-38;13-7-3-1-5-9-6(12(16)17-11(5)15)2-4-8(14)10(7)9/h1-32H;1-4H. The lowest BCUT2D eigenvalue weighted by molar-refractivity contribution is 0.0373. The molecule has 0 atom stereocenters. The van der Waals surface area contributed by atoms with Gasteiger partial charge in [-0.3, -0.25) is 0 Å². The monoisotopic (exact) mass is 1040 g/mol. The average molecular weight is 1040 g/mol. The van der Waals surface area contributed by atoms with Crippen LogP contribution in [0.1, 0.15) is 41.4 Å². The first-order valence-electron chi connectivity index (χ1n) is 22.3. The maximum Gasteiger partial charge on any atom is 0.346 e. The lowest BCUT2D eigenvalue weighted by atomic mass is 9.86. The third-order valence-corrected chi connectivity index (χ3v) is 13.7. The molecular formula is C60H36Br2N2O6. The lowest BCUT2D eigenvalue weighted by Gasteiger charge is -2.26. The number of hydrogen-bond donors (Lipinski definition) is 0. The highest BCUT2D eigenvalue weighted by Crippen LogP contribution is 2.44. The minimum Gasteiger partial charge on any atom is -0.386 e. The van der Waals surface area contributed by atoms with Gasteiger partial charge in [0, 0.05) is 59.2 Å². The highest BCUT2D eigenvalue weighted by Gasteiger charge is 2.31. The van der Waals surface area contributed by atoms with E-state index in [0.29, 0.717) is 33.0 Å². The van der Waals surface area contributed by atoms with Gasteiger partial charge in [-0.05, 0) is 137 Å². The first kappa shape index (κ1) is 44.1. The lowest BCUT2D eigenvalue weighted by Crippen LogP contribution is -2.19. The van der Waals surface area contributed by atoms with Gasteiger partial charge in [-0.25, -0.2) is 19.2 Å². The van der Waals surface area contributed by atoms with E-state index >= 15 is 0 Å². The van der Waals surface area contributed by atoms with E-state index in [4.69, 9.17) is 4.74 Å². The van der Waals surface area contributed by atoms with Gasteiger partial charge in [0.1, 0.15) is 0 Å². The Kier molecular flexibility index (Phi) is 11.7. The summed E-state index contributed by atoms with van der Waals surface area (Å²) >= 11 is 6.83. The van der Waals surface area contributed by atoms with Gasteiger partial charge in [-0.2, -0.15) is 0 Å². The summed E-state index contributed by atoms with van der Waals surface area (Å²) in [5, 5.41) is 2.89. The SMILES string of the molecule is O=C1OC(=O)c2ccc(-c3ccc(N(c4ccccc4)c4ccccc4)cc3)c3c(-c4ccc(N(c5ccccc5)c5ccccc5)cc4)ccc1c23.O=C1OC(=O)c2ccc(Br)c3c(Br)ccc1c23. The molecule has 70 heavy (non-hydrogen) atoms. The minimum absolute atomic E-state index is 0.382. The van der Waals surface area contributed by atoms with Gasteiger partial charge < -0.3 is 19.3 Å². The van der Waals surface area contributed by atoms with Crippen molar-refractivity contribution < 1.29 is 28.7 Å². The van der Waals surface area contributed by atoms with Crippen LogP contribution in [0.3, 0.4) is 0 Å². The Morgan fingerprint density at radius 2 is 0.500 bits per heavy atom. The van der Waals surface area contributed by atoms with Crippen LogP contribution < -0.4 is 9.80 Å². The van der Waals surface area contributed by atoms with E-state index in [9.17, 15) is 19.2 Å². The molecule has 336 valence electrons. The van der Waals surface area contributed by atoms with Crippen molar-refractivity contribution in [2.24, 2.45) is 0 Å². The number of esters is 4. The maximum absolute atomic E-state index is 13.1. The van der Waals surface area contributed by atoms with Crippen molar-refractivity contribution in [3.63, 3.8) is 0 Å². The summed E-state index contributed by atoms with van der Waals surface area (Å²) in [5.74, 6) is -2.47. The third kappa shape index (κ3) is 8.02. The number of para-hydroxylation sites is 4. The van der Waals surface area contributed by atoms with Crippen LogP contribution in [0.5, 0.6) is 0 Å². The summed E-state index contributed by atoms with van der Waals surface area (Å²) in [6.45, 7) is 0. The van der Waals surface area contributed by atoms with E-state index in [1.807, 2.05) is 84.9 Å². The predicted molar refractivity (Wildman–Crippen MR) is 283 cm³/mol. The molecule has 2 aliphatic heterocycles. The molecule has 0 saturated heterocycles. The van der Waals surface area contributed by atoms with Crippen LogP contribution in [0.4, 0.5) is 34.1 Å². The van der Waals surface area contributed by atoms with Crippen LogP contribution in [0.2, 0.25) is 0 Å². The fourth-order valence-corrected chi connectivity index (χ4v) is 10.6. The summed E-state index contributed by atoms with van der Waals surface area (Å²) in [6.07, 6.45) is 0. The quantitative estimate of drug-likeness (QED) is 0.110. The number of carbonyl (C=O) groups is 4. The molecule has 0 spiro atoms. The highest BCUT2D eigenvalue weighted by atomic mass is 79.9. The molecule has 0 fully saturated rings. The second kappa shape index (κ2) is 18.6. The summed E-state index contributed by atoms with van der Waals surface area (Å²) in [4.78, 5) is 53.9. The largest absolute Gasteiger partial charge is 0.386 e. The molecule has 2 heterocycles. The Bertz CT molecular complexity index is 3370. The zero-order valence-electron chi connectivity index (χ0n) is 36.9. The molecule has 8 nitrogen and oxygen atoms in total. The van der Waals surface area contributed by atoms with Crippen LogP contribution in [0, 0.1) is 0 Å². The molecular weight excluding hydrogens is 1000 g/mol.